The summed E-state index contributed by atoms with van der Waals surface area (Å²) in [7, 11) is 0. The number of fused-ring (bicyclic) bond motifs is 1. The molecule has 1 aliphatic rings. The van der Waals surface area contributed by atoms with E-state index in [2.05, 4.69) is 30.0 Å². The molecule has 0 amide bonds. The van der Waals surface area contributed by atoms with Crippen molar-refractivity contribution < 1.29 is 0 Å². The summed E-state index contributed by atoms with van der Waals surface area (Å²) in [6.07, 6.45) is 4.75. The van der Waals surface area contributed by atoms with Crippen molar-refractivity contribution in [2.24, 2.45) is 5.73 Å². The second-order valence-electron chi connectivity index (χ2n) is 4.59. The van der Waals surface area contributed by atoms with Gasteiger partial charge in [0.1, 0.15) is 0 Å². The summed E-state index contributed by atoms with van der Waals surface area (Å²) in [6, 6.07) is 6.87. The molecule has 0 unspecified atom stereocenters. The monoisotopic (exact) mass is 218 g/mol. The number of hydrogen-bond donors (Lipinski definition) is 1. The molecule has 0 saturated carbocycles. The van der Waals surface area contributed by atoms with Crippen molar-refractivity contribution in [2.45, 2.75) is 32.6 Å². The molecule has 0 atom stereocenters. The molecule has 2 N–H and O–H groups in total. The minimum Gasteiger partial charge on any atom is -0.371 e. The number of aryl methyl sites for hydroxylation is 1. The Morgan fingerprint density at radius 1 is 1.38 bits per heavy atom. The lowest BCUT2D eigenvalue weighted by atomic mass is 9.98. The fraction of sp³-hybridized carbons (Fsp3) is 0.571. The van der Waals surface area contributed by atoms with Crippen LogP contribution in [0.25, 0.3) is 0 Å². The Bertz CT molecular complexity index is 347. The van der Waals surface area contributed by atoms with Gasteiger partial charge in [0, 0.05) is 18.8 Å². The predicted octanol–water partition coefficient (Wildman–Crippen LogP) is 2.35. The van der Waals surface area contributed by atoms with Gasteiger partial charge in [-0.1, -0.05) is 19.1 Å². The normalized spacial score (nSPS) is 15.0. The van der Waals surface area contributed by atoms with Crippen LogP contribution in [0.1, 0.15) is 30.9 Å². The van der Waals surface area contributed by atoms with Crippen LogP contribution in [-0.2, 0) is 12.8 Å². The second-order valence-corrected chi connectivity index (χ2v) is 4.59. The van der Waals surface area contributed by atoms with E-state index in [1.165, 1.54) is 49.2 Å². The Morgan fingerprint density at radius 2 is 2.25 bits per heavy atom. The number of anilines is 1. The first-order valence-electron chi connectivity index (χ1n) is 6.42. The summed E-state index contributed by atoms with van der Waals surface area (Å²) in [5.41, 5.74) is 9.96. The predicted molar refractivity (Wildman–Crippen MR) is 70.0 cm³/mol. The van der Waals surface area contributed by atoms with Crippen molar-refractivity contribution >= 4 is 5.69 Å². The van der Waals surface area contributed by atoms with Crippen molar-refractivity contribution in [3.63, 3.8) is 0 Å². The van der Waals surface area contributed by atoms with Crippen LogP contribution >= 0.6 is 0 Å². The zero-order valence-electron chi connectivity index (χ0n) is 10.2. The molecule has 0 fully saturated rings. The van der Waals surface area contributed by atoms with Crippen LogP contribution in [0, 0.1) is 0 Å². The second kappa shape index (κ2) is 5.35. The highest BCUT2D eigenvalue weighted by Crippen LogP contribution is 2.28. The molecular weight excluding hydrogens is 196 g/mol. The van der Waals surface area contributed by atoms with Gasteiger partial charge >= 0.3 is 0 Å². The zero-order chi connectivity index (χ0) is 11.4. The van der Waals surface area contributed by atoms with Crippen LogP contribution in [0.3, 0.4) is 0 Å². The van der Waals surface area contributed by atoms with E-state index >= 15 is 0 Å². The maximum atomic E-state index is 5.60. The van der Waals surface area contributed by atoms with Gasteiger partial charge in [-0.05, 0) is 49.4 Å². The average Bonchev–Trinajstić information content (AvgIpc) is 2.30. The third-order valence-electron chi connectivity index (χ3n) is 3.29. The number of nitrogens with two attached hydrogens (primary N) is 1. The quantitative estimate of drug-likeness (QED) is 0.840. The van der Waals surface area contributed by atoms with Gasteiger partial charge in [0.2, 0.25) is 0 Å². The standard InChI is InChI=1S/C14H22N2/c1-2-9-16-10-3-4-13-11-12(7-8-15)5-6-14(13)16/h5-6,11H,2-4,7-10,15H2,1H3. The SMILES string of the molecule is CCCN1CCCc2cc(CCN)ccc21. The van der Waals surface area contributed by atoms with E-state index in [1.54, 1.807) is 0 Å². The van der Waals surface area contributed by atoms with E-state index in [-0.39, 0.29) is 0 Å². The largest absolute Gasteiger partial charge is 0.371 e. The molecule has 0 aliphatic carbocycles. The van der Waals surface area contributed by atoms with Crippen LogP contribution in [-0.4, -0.2) is 19.6 Å². The Hall–Kier alpha value is -1.02. The van der Waals surface area contributed by atoms with E-state index in [1.807, 2.05) is 0 Å². The molecule has 2 rings (SSSR count). The van der Waals surface area contributed by atoms with Gasteiger partial charge in [-0.15, -0.1) is 0 Å². The fourth-order valence-corrected chi connectivity index (χ4v) is 2.55. The summed E-state index contributed by atoms with van der Waals surface area (Å²) in [6.45, 7) is 5.40. The lowest BCUT2D eigenvalue weighted by Crippen LogP contribution is -2.30. The van der Waals surface area contributed by atoms with Crippen molar-refractivity contribution in [3.8, 4) is 0 Å². The highest BCUT2D eigenvalue weighted by molar-refractivity contribution is 5.56. The molecule has 0 aromatic heterocycles. The minimum absolute atomic E-state index is 0.747. The molecule has 0 saturated heterocycles. The van der Waals surface area contributed by atoms with Gasteiger partial charge in [0.05, 0.1) is 0 Å². The lowest BCUT2D eigenvalue weighted by Gasteiger charge is -2.31. The van der Waals surface area contributed by atoms with Gasteiger partial charge in [0.25, 0.3) is 0 Å². The van der Waals surface area contributed by atoms with E-state index in [0.29, 0.717) is 0 Å². The van der Waals surface area contributed by atoms with Crippen molar-refractivity contribution in [2.75, 3.05) is 24.5 Å². The molecule has 2 nitrogen and oxygen atoms in total. The van der Waals surface area contributed by atoms with Crippen molar-refractivity contribution in [1.29, 1.82) is 0 Å². The minimum atomic E-state index is 0.747. The highest BCUT2D eigenvalue weighted by atomic mass is 15.1. The van der Waals surface area contributed by atoms with E-state index in [4.69, 9.17) is 5.73 Å². The first-order chi connectivity index (χ1) is 7.85. The third kappa shape index (κ3) is 2.38. The van der Waals surface area contributed by atoms with Gasteiger partial charge < -0.3 is 10.6 Å². The topological polar surface area (TPSA) is 29.3 Å². The Balaban J connectivity index is 2.22. The van der Waals surface area contributed by atoms with Gasteiger partial charge in [0.15, 0.2) is 0 Å². The number of hydrogen-bond acceptors (Lipinski definition) is 2. The summed E-state index contributed by atoms with van der Waals surface area (Å²) >= 11 is 0. The Morgan fingerprint density at radius 3 is 3.00 bits per heavy atom. The number of benzene rings is 1. The fourth-order valence-electron chi connectivity index (χ4n) is 2.55. The highest BCUT2D eigenvalue weighted by Gasteiger charge is 2.15. The van der Waals surface area contributed by atoms with Crippen LogP contribution in [0.5, 0.6) is 0 Å². The number of nitrogens with zero attached hydrogens (tertiary/aromatic N) is 1. The summed E-state index contributed by atoms with van der Waals surface area (Å²) in [4.78, 5) is 2.52. The Kier molecular flexibility index (Phi) is 3.83. The molecule has 1 heterocycles. The molecule has 88 valence electrons. The van der Waals surface area contributed by atoms with Gasteiger partial charge in [-0.2, -0.15) is 0 Å². The van der Waals surface area contributed by atoms with Crippen molar-refractivity contribution in [1.82, 2.24) is 0 Å². The molecule has 16 heavy (non-hydrogen) atoms. The molecule has 2 heteroatoms. The molecular formula is C14H22N2. The van der Waals surface area contributed by atoms with Crippen LogP contribution < -0.4 is 10.6 Å². The maximum absolute atomic E-state index is 5.60. The molecule has 0 spiro atoms. The van der Waals surface area contributed by atoms with Gasteiger partial charge in [-0.3, -0.25) is 0 Å². The van der Waals surface area contributed by atoms with Gasteiger partial charge in [-0.25, -0.2) is 0 Å². The third-order valence-corrected chi connectivity index (χ3v) is 3.29. The van der Waals surface area contributed by atoms with E-state index < -0.39 is 0 Å². The molecule has 1 aromatic carbocycles. The first-order valence-corrected chi connectivity index (χ1v) is 6.42. The van der Waals surface area contributed by atoms with E-state index in [9.17, 15) is 0 Å². The zero-order valence-corrected chi connectivity index (χ0v) is 10.2. The summed E-state index contributed by atoms with van der Waals surface area (Å²) in [5, 5.41) is 0. The summed E-state index contributed by atoms with van der Waals surface area (Å²) < 4.78 is 0. The molecule has 0 bridgehead atoms. The lowest BCUT2D eigenvalue weighted by molar-refractivity contribution is 0.680. The van der Waals surface area contributed by atoms with Crippen LogP contribution in [0.4, 0.5) is 5.69 Å². The molecule has 1 aromatic rings. The van der Waals surface area contributed by atoms with Crippen molar-refractivity contribution in [3.05, 3.63) is 29.3 Å². The number of rotatable bonds is 4. The molecule has 1 aliphatic heterocycles. The van der Waals surface area contributed by atoms with Crippen LogP contribution in [0.15, 0.2) is 18.2 Å². The Labute approximate surface area is 98.4 Å². The maximum Gasteiger partial charge on any atom is 0.0398 e. The van der Waals surface area contributed by atoms with Crippen LogP contribution in [0.2, 0.25) is 0 Å². The smallest absolute Gasteiger partial charge is 0.0398 e. The summed E-state index contributed by atoms with van der Waals surface area (Å²) in [5.74, 6) is 0. The van der Waals surface area contributed by atoms with E-state index in [0.717, 1.165) is 13.0 Å². The average molecular weight is 218 g/mol. The first kappa shape index (κ1) is 11.5. The molecule has 0 radical (unpaired) electrons.